The molecule has 3 heterocycles. The van der Waals surface area contributed by atoms with Crippen LogP contribution in [-0.4, -0.2) is 89.1 Å². The molecule has 0 spiro atoms. The number of rotatable bonds is 20. The first-order chi connectivity index (χ1) is 26.9. The molecule has 0 amide bonds. The smallest absolute Gasteiger partial charge is 0.464 e. The van der Waals surface area contributed by atoms with Crippen LogP contribution in [0.2, 0.25) is 0 Å². The number of nitrogen functional groups attached to an aromatic ring is 1. The number of hydrogen-bond acceptors (Lipinski definition) is 17. The lowest BCUT2D eigenvalue weighted by molar-refractivity contribution is -0.180. The first kappa shape index (κ1) is 48.0. The Morgan fingerprint density at radius 2 is 1.60 bits per heavy atom. The summed E-state index contributed by atoms with van der Waals surface area (Å²) in [7, 11) is -4.71. The van der Waals surface area contributed by atoms with Crippen molar-refractivity contribution in [1.82, 2.24) is 19.7 Å². The van der Waals surface area contributed by atoms with Crippen LogP contribution in [0, 0.1) is 27.6 Å². The number of ether oxygens (including phenoxy) is 6. The fourth-order valence-electron chi connectivity index (χ4n) is 5.09. The number of carbonyl (C=O) groups is 4. The van der Waals surface area contributed by atoms with Crippen LogP contribution < -0.4 is 10.8 Å². The number of aromatic nitrogens is 3. The van der Waals surface area contributed by atoms with Crippen molar-refractivity contribution in [2.75, 3.05) is 25.7 Å². The van der Waals surface area contributed by atoms with Gasteiger partial charge in [0.25, 0.3) is 0 Å². The standard InChI is InChI=1S/C38H59N6O13P/c1-13-35(7,8)20-50-31(45)24(6)43-58(49,53-22-51-34(48)54-23(4)5)52-18-26-28(55-32(46)36(9,10)14-2)29(56-33(47)37(11,12)15-3)38(19-39,57-26)27-17-16-25-30(40)41-21-42-44(25)27/h16-17,21,23-24,26,28-29H,13-15,18,20,22H2,1-12H3,(H,43,49)(H2,40,41,42)/t24-,26+,28+,29+,38-,58+/m0/s1. The van der Waals surface area contributed by atoms with E-state index in [2.05, 4.69) is 21.2 Å². The second-order valence-electron chi connectivity index (χ2n) is 16.4. The number of anilines is 1. The normalized spacial score (nSPS) is 21.5. The lowest BCUT2D eigenvalue weighted by atomic mass is 9.88. The maximum absolute atomic E-state index is 14.4. The zero-order valence-electron chi connectivity index (χ0n) is 35.5. The largest absolute Gasteiger partial charge is 0.510 e. The van der Waals surface area contributed by atoms with Crippen molar-refractivity contribution >= 4 is 43.1 Å². The number of nitrogens with zero attached hydrogens (tertiary/aromatic N) is 4. The van der Waals surface area contributed by atoms with Crippen LogP contribution in [0.25, 0.3) is 5.52 Å². The van der Waals surface area contributed by atoms with E-state index in [0.29, 0.717) is 19.3 Å². The quantitative estimate of drug-likeness (QED) is 0.0697. The average Bonchev–Trinajstić information content (AvgIpc) is 3.73. The van der Waals surface area contributed by atoms with Crippen molar-refractivity contribution in [1.29, 1.82) is 5.26 Å². The fraction of sp³-hybridized carbons (Fsp3) is 0.711. The van der Waals surface area contributed by atoms with Crippen molar-refractivity contribution in [3.63, 3.8) is 0 Å². The van der Waals surface area contributed by atoms with Crippen molar-refractivity contribution in [2.24, 2.45) is 16.2 Å². The molecule has 1 saturated heterocycles. The first-order valence-electron chi connectivity index (χ1n) is 19.2. The lowest BCUT2D eigenvalue weighted by Crippen LogP contribution is -2.49. The van der Waals surface area contributed by atoms with Gasteiger partial charge in [-0.1, -0.05) is 34.6 Å². The minimum Gasteiger partial charge on any atom is -0.464 e. The minimum atomic E-state index is -4.71. The molecule has 0 aromatic carbocycles. The molecule has 0 bridgehead atoms. The van der Waals surface area contributed by atoms with E-state index in [1.165, 1.54) is 23.6 Å². The van der Waals surface area contributed by atoms with Crippen molar-refractivity contribution < 1.29 is 61.2 Å². The van der Waals surface area contributed by atoms with Gasteiger partial charge in [-0.15, -0.1) is 0 Å². The summed E-state index contributed by atoms with van der Waals surface area (Å²) in [4.78, 5) is 56.8. The predicted octanol–water partition coefficient (Wildman–Crippen LogP) is 5.74. The van der Waals surface area contributed by atoms with Gasteiger partial charge in [0, 0.05) is 0 Å². The number of nitrogens with one attached hydrogen (secondary N) is 1. The molecule has 2 aromatic heterocycles. The molecule has 3 N–H and O–H groups in total. The van der Waals surface area contributed by atoms with E-state index in [0.717, 1.165) is 6.33 Å². The van der Waals surface area contributed by atoms with Crippen LogP contribution in [0.5, 0.6) is 0 Å². The maximum atomic E-state index is 14.4. The Morgan fingerprint density at radius 1 is 0.983 bits per heavy atom. The van der Waals surface area contributed by atoms with Crippen LogP contribution in [0.3, 0.4) is 0 Å². The van der Waals surface area contributed by atoms with Gasteiger partial charge in [-0.25, -0.2) is 23.9 Å². The zero-order chi connectivity index (χ0) is 43.9. The Balaban J connectivity index is 2.14. The summed E-state index contributed by atoms with van der Waals surface area (Å²) >= 11 is 0. The van der Waals surface area contributed by atoms with Gasteiger partial charge < -0.3 is 34.2 Å². The molecule has 324 valence electrons. The molecule has 58 heavy (non-hydrogen) atoms. The molecule has 3 rings (SSSR count). The molecule has 6 atom stereocenters. The lowest BCUT2D eigenvalue weighted by Gasteiger charge is -2.33. The fourth-order valence-corrected chi connectivity index (χ4v) is 6.42. The maximum Gasteiger partial charge on any atom is 0.510 e. The Bertz CT molecular complexity index is 1880. The second kappa shape index (κ2) is 19.2. The van der Waals surface area contributed by atoms with Gasteiger partial charge >= 0.3 is 31.8 Å². The molecule has 20 heteroatoms. The first-order valence-corrected chi connectivity index (χ1v) is 20.7. The van der Waals surface area contributed by atoms with Gasteiger partial charge in [-0.05, 0) is 85.3 Å². The summed E-state index contributed by atoms with van der Waals surface area (Å²) in [6, 6.07) is 3.83. The Labute approximate surface area is 339 Å². The van der Waals surface area contributed by atoms with Crippen LogP contribution >= 0.6 is 7.75 Å². The number of nitrogens with two attached hydrogens (primary N) is 1. The second-order valence-corrected chi connectivity index (χ2v) is 18.2. The molecule has 0 unspecified atom stereocenters. The third kappa shape index (κ3) is 11.4. The molecular formula is C38H59N6O13P. The molecule has 0 saturated carbocycles. The van der Waals surface area contributed by atoms with E-state index < -0.39 is 92.1 Å². The summed E-state index contributed by atoms with van der Waals surface area (Å²) in [5.74, 6) is -2.20. The van der Waals surface area contributed by atoms with Gasteiger partial charge in [0.2, 0.25) is 12.4 Å². The summed E-state index contributed by atoms with van der Waals surface area (Å²) in [6.07, 6.45) is -3.91. The highest BCUT2D eigenvalue weighted by Gasteiger charge is 2.63. The van der Waals surface area contributed by atoms with E-state index in [-0.39, 0.29) is 29.1 Å². The SMILES string of the molecule is CCC(C)(C)COC(=O)[C@H](C)N[P@](=O)(OCOC(=O)OC(C)C)OC[C@H]1O[C@@](C#N)(c2ccc3c(N)ncnn23)[C@H](OC(=O)C(C)(C)CC)[C@@H]1OC(=O)C(C)(C)CC. The number of nitriles is 1. The van der Waals surface area contributed by atoms with Gasteiger partial charge in [0.15, 0.2) is 18.0 Å². The number of esters is 3. The molecule has 1 aliphatic rings. The van der Waals surface area contributed by atoms with Gasteiger partial charge in [0.1, 0.15) is 30.1 Å². The average molecular weight is 839 g/mol. The molecule has 2 aromatic rings. The van der Waals surface area contributed by atoms with E-state index in [1.807, 2.05) is 20.8 Å². The molecule has 1 fully saturated rings. The van der Waals surface area contributed by atoms with Gasteiger partial charge in [-0.3, -0.25) is 23.4 Å². The van der Waals surface area contributed by atoms with Crippen molar-refractivity contribution in [3.05, 3.63) is 24.2 Å². The monoisotopic (exact) mass is 838 g/mol. The van der Waals surface area contributed by atoms with E-state index in [9.17, 15) is 29.0 Å². The Hall–Kier alpha value is -4.34. The predicted molar refractivity (Wildman–Crippen MR) is 207 cm³/mol. The van der Waals surface area contributed by atoms with Crippen LogP contribution in [0.4, 0.5) is 10.6 Å². The van der Waals surface area contributed by atoms with Crippen LogP contribution in [0.15, 0.2) is 18.5 Å². The van der Waals surface area contributed by atoms with Crippen LogP contribution in [0.1, 0.15) is 108 Å². The molecule has 0 radical (unpaired) electrons. The number of hydrogen-bond donors (Lipinski definition) is 2. The summed E-state index contributed by atoms with van der Waals surface area (Å²) in [5.41, 5.74) is 1.70. The third-order valence-electron chi connectivity index (χ3n) is 10.2. The van der Waals surface area contributed by atoms with E-state index >= 15 is 0 Å². The summed E-state index contributed by atoms with van der Waals surface area (Å²) in [6.45, 7) is 18.8. The summed E-state index contributed by atoms with van der Waals surface area (Å²) < 4.78 is 61.0. The molecule has 0 aliphatic carbocycles. The number of carbonyl (C=O) groups excluding carboxylic acids is 4. The van der Waals surface area contributed by atoms with E-state index in [1.54, 1.807) is 55.4 Å². The highest BCUT2D eigenvalue weighted by molar-refractivity contribution is 7.51. The van der Waals surface area contributed by atoms with Crippen LogP contribution in [-0.2, 0) is 62.0 Å². The Morgan fingerprint density at radius 3 is 2.17 bits per heavy atom. The van der Waals surface area contributed by atoms with Gasteiger partial charge in [0.05, 0.1) is 35.8 Å². The molecule has 19 nitrogen and oxygen atoms in total. The topological polar surface area (TPSA) is 251 Å². The third-order valence-corrected chi connectivity index (χ3v) is 11.8. The van der Waals surface area contributed by atoms with Gasteiger partial charge in [-0.2, -0.15) is 10.4 Å². The van der Waals surface area contributed by atoms with E-state index in [4.69, 9.17) is 43.2 Å². The highest BCUT2D eigenvalue weighted by Crippen LogP contribution is 2.49. The Kier molecular flexibility index (Phi) is 15.9. The molecule has 1 aliphatic heterocycles. The minimum absolute atomic E-state index is 0.0329. The number of fused-ring (bicyclic) bond motifs is 1. The van der Waals surface area contributed by atoms with Crippen molar-refractivity contribution in [3.8, 4) is 6.07 Å². The highest BCUT2D eigenvalue weighted by atomic mass is 31.2. The molecular weight excluding hydrogens is 779 g/mol. The van der Waals surface area contributed by atoms with Crippen molar-refractivity contribution in [2.45, 2.75) is 138 Å². The zero-order valence-corrected chi connectivity index (χ0v) is 36.4. The summed E-state index contributed by atoms with van der Waals surface area (Å²) in [5, 5.41) is 17.8.